The lowest BCUT2D eigenvalue weighted by molar-refractivity contribution is 0.190. The molecule has 1 rings (SSSR count). The Morgan fingerprint density at radius 2 is 2.13 bits per heavy atom. The van der Waals surface area contributed by atoms with E-state index in [2.05, 4.69) is 0 Å². The standard InChI is InChI=1S/C10H11Cl2NO2/c1-2-15-10(13)9(14)6-3-4-7(11)8(12)5-6/h3-5,9,13-14H,2H2,1H3/t9-/m0/s1. The zero-order valence-corrected chi connectivity index (χ0v) is 9.64. The molecule has 15 heavy (non-hydrogen) atoms. The van der Waals surface area contributed by atoms with E-state index in [1.165, 1.54) is 6.07 Å². The van der Waals surface area contributed by atoms with Gasteiger partial charge in [0, 0.05) is 0 Å². The zero-order valence-electron chi connectivity index (χ0n) is 8.13. The lowest BCUT2D eigenvalue weighted by Crippen LogP contribution is -2.14. The van der Waals surface area contributed by atoms with E-state index in [0.717, 1.165) is 0 Å². The van der Waals surface area contributed by atoms with Gasteiger partial charge in [-0.15, -0.1) is 0 Å². The summed E-state index contributed by atoms with van der Waals surface area (Å²) in [4.78, 5) is 0. The molecule has 0 spiro atoms. The number of aliphatic hydroxyl groups is 1. The van der Waals surface area contributed by atoms with Crippen LogP contribution in [-0.4, -0.2) is 17.6 Å². The largest absolute Gasteiger partial charge is 0.479 e. The van der Waals surface area contributed by atoms with Crippen LogP contribution in [-0.2, 0) is 4.74 Å². The second kappa shape index (κ2) is 5.35. The molecule has 1 aromatic carbocycles. The number of ether oxygens (including phenoxy) is 1. The van der Waals surface area contributed by atoms with Gasteiger partial charge in [-0.2, -0.15) is 0 Å². The fraction of sp³-hybridized carbons (Fsp3) is 0.300. The first-order chi connectivity index (χ1) is 7.06. The van der Waals surface area contributed by atoms with Gasteiger partial charge in [0.2, 0.25) is 5.90 Å². The molecule has 1 aromatic rings. The van der Waals surface area contributed by atoms with Gasteiger partial charge in [0.05, 0.1) is 16.7 Å². The summed E-state index contributed by atoms with van der Waals surface area (Å²) in [6.45, 7) is 2.09. The van der Waals surface area contributed by atoms with Gasteiger partial charge in [-0.05, 0) is 24.6 Å². The zero-order chi connectivity index (χ0) is 11.4. The monoisotopic (exact) mass is 247 g/mol. The van der Waals surface area contributed by atoms with Crippen LogP contribution in [0.15, 0.2) is 18.2 Å². The first kappa shape index (κ1) is 12.3. The maximum atomic E-state index is 9.68. The van der Waals surface area contributed by atoms with Crippen molar-refractivity contribution in [2.24, 2.45) is 0 Å². The lowest BCUT2D eigenvalue weighted by atomic mass is 10.1. The molecule has 82 valence electrons. The van der Waals surface area contributed by atoms with Gasteiger partial charge in [0.1, 0.15) is 0 Å². The van der Waals surface area contributed by atoms with Gasteiger partial charge in [0.25, 0.3) is 0 Å². The van der Waals surface area contributed by atoms with E-state index in [9.17, 15) is 5.11 Å². The summed E-state index contributed by atoms with van der Waals surface area (Å²) in [5, 5.41) is 17.8. The van der Waals surface area contributed by atoms with Gasteiger partial charge in [-0.25, -0.2) is 0 Å². The van der Waals surface area contributed by atoms with Crippen LogP contribution in [0.5, 0.6) is 0 Å². The van der Waals surface area contributed by atoms with Crippen LogP contribution in [0.4, 0.5) is 0 Å². The third-order valence-corrected chi connectivity index (χ3v) is 2.55. The van der Waals surface area contributed by atoms with Crippen molar-refractivity contribution >= 4 is 29.1 Å². The fourth-order valence-electron chi connectivity index (χ4n) is 1.07. The third-order valence-electron chi connectivity index (χ3n) is 1.81. The summed E-state index contributed by atoms with van der Waals surface area (Å²) >= 11 is 11.5. The van der Waals surface area contributed by atoms with Crippen molar-refractivity contribution in [3.05, 3.63) is 33.8 Å². The summed E-state index contributed by atoms with van der Waals surface area (Å²) in [6, 6.07) is 4.69. The molecule has 1 atom stereocenters. The van der Waals surface area contributed by atoms with Gasteiger partial charge >= 0.3 is 0 Å². The number of benzene rings is 1. The van der Waals surface area contributed by atoms with Crippen molar-refractivity contribution in [1.82, 2.24) is 0 Å². The van der Waals surface area contributed by atoms with Crippen LogP contribution in [0.25, 0.3) is 0 Å². The summed E-state index contributed by atoms with van der Waals surface area (Å²) in [6.07, 6.45) is -1.10. The van der Waals surface area contributed by atoms with Crippen molar-refractivity contribution in [3.8, 4) is 0 Å². The minimum Gasteiger partial charge on any atom is -0.479 e. The minimum atomic E-state index is -1.10. The van der Waals surface area contributed by atoms with Crippen molar-refractivity contribution in [2.45, 2.75) is 13.0 Å². The summed E-state index contributed by atoms with van der Waals surface area (Å²) in [7, 11) is 0. The molecule has 0 fully saturated rings. The molecule has 0 saturated heterocycles. The maximum Gasteiger partial charge on any atom is 0.214 e. The normalized spacial score (nSPS) is 12.3. The summed E-state index contributed by atoms with van der Waals surface area (Å²) in [5.41, 5.74) is 0.489. The van der Waals surface area contributed by atoms with Crippen LogP contribution in [0, 0.1) is 5.41 Å². The highest BCUT2D eigenvalue weighted by molar-refractivity contribution is 6.42. The van der Waals surface area contributed by atoms with Crippen molar-refractivity contribution in [2.75, 3.05) is 6.61 Å². The predicted molar refractivity (Wildman–Crippen MR) is 60.8 cm³/mol. The van der Waals surface area contributed by atoms with Gasteiger partial charge in [0.15, 0.2) is 6.10 Å². The maximum absolute atomic E-state index is 9.68. The first-order valence-electron chi connectivity index (χ1n) is 4.40. The van der Waals surface area contributed by atoms with Crippen molar-refractivity contribution < 1.29 is 9.84 Å². The van der Waals surface area contributed by atoms with Crippen LogP contribution in [0.3, 0.4) is 0 Å². The average molecular weight is 248 g/mol. The van der Waals surface area contributed by atoms with Gasteiger partial charge in [-0.3, -0.25) is 5.41 Å². The Kier molecular flexibility index (Phi) is 4.39. The average Bonchev–Trinajstić information content (AvgIpc) is 2.21. The van der Waals surface area contributed by atoms with E-state index < -0.39 is 6.10 Å². The molecule has 0 aliphatic heterocycles. The summed E-state index contributed by atoms with van der Waals surface area (Å²) < 4.78 is 4.89. The summed E-state index contributed by atoms with van der Waals surface area (Å²) in [5.74, 6) is -0.198. The smallest absolute Gasteiger partial charge is 0.214 e. The molecule has 5 heteroatoms. The van der Waals surface area contributed by atoms with Crippen LogP contribution in [0.1, 0.15) is 18.6 Å². The quantitative estimate of drug-likeness (QED) is 0.638. The molecular formula is C10H11Cl2NO2. The number of aliphatic hydroxyl groups excluding tert-OH is 1. The molecule has 0 unspecified atom stereocenters. The topological polar surface area (TPSA) is 53.3 Å². The lowest BCUT2D eigenvalue weighted by Gasteiger charge is -2.12. The highest BCUT2D eigenvalue weighted by Crippen LogP contribution is 2.26. The second-order valence-corrected chi connectivity index (χ2v) is 3.69. The van der Waals surface area contributed by atoms with E-state index in [-0.39, 0.29) is 5.90 Å². The molecule has 0 bridgehead atoms. The Bertz CT molecular complexity index is 368. The molecule has 0 amide bonds. The first-order valence-corrected chi connectivity index (χ1v) is 5.16. The van der Waals surface area contributed by atoms with Crippen LogP contribution < -0.4 is 0 Å². The second-order valence-electron chi connectivity index (χ2n) is 2.87. The number of rotatable bonds is 3. The molecule has 2 N–H and O–H groups in total. The Morgan fingerprint density at radius 1 is 1.47 bits per heavy atom. The molecular weight excluding hydrogens is 237 g/mol. The molecule has 0 aliphatic carbocycles. The van der Waals surface area contributed by atoms with Crippen molar-refractivity contribution in [1.29, 1.82) is 5.41 Å². The minimum absolute atomic E-state index is 0.198. The Balaban J connectivity index is 2.86. The Labute approximate surface area is 98.1 Å². The van der Waals surface area contributed by atoms with Crippen LogP contribution >= 0.6 is 23.2 Å². The molecule has 0 heterocycles. The Morgan fingerprint density at radius 3 is 2.67 bits per heavy atom. The van der Waals surface area contributed by atoms with E-state index in [4.69, 9.17) is 33.3 Å². The van der Waals surface area contributed by atoms with E-state index in [1.807, 2.05) is 0 Å². The van der Waals surface area contributed by atoms with Crippen molar-refractivity contribution in [3.63, 3.8) is 0 Å². The molecule has 3 nitrogen and oxygen atoms in total. The van der Waals surface area contributed by atoms with Gasteiger partial charge < -0.3 is 9.84 Å². The van der Waals surface area contributed by atoms with E-state index in [0.29, 0.717) is 22.2 Å². The molecule has 0 aromatic heterocycles. The highest BCUT2D eigenvalue weighted by atomic mass is 35.5. The van der Waals surface area contributed by atoms with Crippen LogP contribution in [0.2, 0.25) is 10.0 Å². The number of nitrogens with one attached hydrogen (secondary N) is 1. The SMILES string of the molecule is CCOC(=N)[C@@H](O)c1ccc(Cl)c(Cl)c1. The molecule has 0 saturated carbocycles. The number of hydrogen-bond acceptors (Lipinski definition) is 3. The molecule has 0 aliphatic rings. The predicted octanol–water partition coefficient (Wildman–Crippen LogP) is 3.04. The molecule has 0 radical (unpaired) electrons. The highest BCUT2D eigenvalue weighted by Gasteiger charge is 2.15. The van der Waals surface area contributed by atoms with E-state index in [1.54, 1.807) is 19.1 Å². The van der Waals surface area contributed by atoms with E-state index >= 15 is 0 Å². The Hall–Kier alpha value is -0.770. The fourth-order valence-corrected chi connectivity index (χ4v) is 1.37. The number of hydrogen-bond donors (Lipinski definition) is 2. The third kappa shape index (κ3) is 3.09. The van der Waals surface area contributed by atoms with Gasteiger partial charge in [-0.1, -0.05) is 29.3 Å². The number of halogens is 2.